The number of thioether (sulfide) groups is 1. The van der Waals surface area contributed by atoms with Gasteiger partial charge in [-0.1, -0.05) is 25.0 Å². The number of rotatable bonds is 10. The van der Waals surface area contributed by atoms with Crippen molar-refractivity contribution in [3.05, 3.63) is 35.4 Å². The Morgan fingerprint density at radius 3 is 2.26 bits per heavy atom. The van der Waals surface area contributed by atoms with E-state index in [-0.39, 0.29) is 29.8 Å². The highest BCUT2D eigenvalue weighted by molar-refractivity contribution is 7.98. The number of nitrogens with zero attached hydrogens (tertiary/aromatic N) is 1. The number of benzene rings is 1. The van der Waals surface area contributed by atoms with Crippen LogP contribution in [-0.4, -0.2) is 58.5 Å². The minimum absolute atomic E-state index is 0.101. The first-order valence-corrected chi connectivity index (χ1v) is 13.4. The average molecular weight is 502 g/mol. The molecule has 0 aromatic heterocycles. The first-order valence-electron chi connectivity index (χ1n) is 12.1. The molecule has 2 rings (SSSR count). The van der Waals surface area contributed by atoms with Gasteiger partial charge in [-0.2, -0.15) is 11.8 Å². The van der Waals surface area contributed by atoms with Gasteiger partial charge in [-0.25, -0.2) is 4.79 Å². The molecule has 35 heavy (non-hydrogen) atoms. The van der Waals surface area contributed by atoms with Crippen LogP contribution in [0.25, 0.3) is 0 Å². The maximum Gasteiger partial charge on any atom is 0.408 e. The molecule has 0 saturated heterocycles. The number of hydrogen-bond acceptors (Lipinski definition) is 5. The highest BCUT2D eigenvalue weighted by Crippen LogP contribution is 2.41. The lowest BCUT2D eigenvalue weighted by atomic mass is 10.00. The van der Waals surface area contributed by atoms with Crippen LogP contribution in [-0.2, 0) is 14.3 Å². The highest BCUT2D eigenvalue weighted by atomic mass is 32.2. The van der Waals surface area contributed by atoms with Gasteiger partial charge < -0.3 is 20.3 Å². The molecule has 1 saturated carbocycles. The Labute approximate surface area is 214 Å². The number of nitrogens with one attached hydrogen (secondary N) is 2. The van der Waals surface area contributed by atoms with Gasteiger partial charge in [0.15, 0.2) is 0 Å². The Bertz CT molecular complexity index is 933. The summed E-state index contributed by atoms with van der Waals surface area (Å²) in [5.41, 5.74) is 0.676. The standard InChI is InChI=1S/C27H39N3O4S/c1-9-19-10-12-20(13-11-19)23(24(31)28-17(2)3)30(22-16-18(22)4)25(32)21(14-15-35-8)29-26(33)34-27(5,6)7/h1,10-13,17-18,21-23H,14-16H2,2-8H3,(H,28,31)(H,29,33). The molecule has 3 amide bonds. The van der Waals surface area contributed by atoms with E-state index < -0.39 is 23.8 Å². The van der Waals surface area contributed by atoms with Gasteiger partial charge in [0.25, 0.3) is 0 Å². The van der Waals surface area contributed by atoms with Crippen LogP contribution in [0.4, 0.5) is 4.79 Å². The van der Waals surface area contributed by atoms with E-state index in [2.05, 4.69) is 23.5 Å². The molecule has 4 unspecified atom stereocenters. The second-order valence-corrected chi connectivity index (χ2v) is 11.3. The van der Waals surface area contributed by atoms with Crippen molar-refractivity contribution < 1.29 is 19.1 Å². The molecule has 1 aromatic rings. The van der Waals surface area contributed by atoms with Crippen LogP contribution in [0.3, 0.4) is 0 Å². The molecular weight excluding hydrogens is 462 g/mol. The summed E-state index contributed by atoms with van der Waals surface area (Å²) in [6.07, 6.45) is 8.03. The molecule has 4 atom stereocenters. The first-order chi connectivity index (χ1) is 16.4. The quantitative estimate of drug-likeness (QED) is 0.471. The zero-order valence-corrected chi connectivity index (χ0v) is 22.7. The van der Waals surface area contributed by atoms with E-state index in [9.17, 15) is 14.4 Å². The molecule has 0 radical (unpaired) electrons. The van der Waals surface area contributed by atoms with Gasteiger partial charge in [0.1, 0.15) is 17.7 Å². The number of alkyl carbamates (subject to hydrolysis) is 1. The van der Waals surface area contributed by atoms with E-state index in [1.807, 2.05) is 20.1 Å². The monoisotopic (exact) mass is 501 g/mol. The summed E-state index contributed by atoms with van der Waals surface area (Å²) in [4.78, 5) is 41.8. The van der Waals surface area contributed by atoms with Crippen molar-refractivity contribution in [1.29, 1.82) is 0 Å². The maximum absolute atomic E-state index is 14.0. The van der Waals surface area contributed by atoms with Gasteiger partial charge in [-0.15, -0.1) is 6.42 Å². The summed E-state index contributed by atoms with van der Waals surface area (Å²) < 4.78 is 5.42. The predicted molar refractivity (Wildman–Crippen MR) is 141 cm³/mol. The number of amides is 3. The van der Waals surface area contributed by atoms with Gasteiger partial charge >= 0.3 is 6.09 Å². The predicted octanol–water partition coefficient (Wildman–Crippen LogP) is 4.12. The second kappa shape index (κ2) is 12.3. The van der Waals surface area contributed by atoms with Crippen LogP contribution in [0, 0.1) is 18.3 Å². The van der Waals surface area contributed by atoms with Crippen LogP contribution < -0.4 is 10.6 Å². The molecule has 2 N–H and O–H groups in total. The van der Waals surface area contributed by atoms with E-state index in [1.54, 1.807) is 61.7 Å². The van der Waals surface area contributed by atoms with E-state index in [0.717, 1.165) is 6.42 Å². The fourth-order valence-corrected chi connectivity index (χ4v) is 4.33. The Balaban J connectivity index is 2.47. The zero-order valence-electron chi connectivity index (χ0n) is 21.9. The topological polar surface area (TPSA) is 87.7 Å². The molecule has 0 spiro atoms. The zero-order chi connectivity index (χ0) is 26.3. The van der Waals surface area contributed by atoms with E-state index in [0.29, 0.717) is 23.3 Å². The number of hydrogen-bond donors (Lipinski definition) is 2. The molecule has 1 fully saturated rings. The van der Waals surface area contributed by atoms with Crippen molar-refractivity contribution >= 4 is 29.7 Å². The van der Waals surface area contributed by atoms with Crippen molar-refractivity contribution in [3.63, 3.8) is 0 Å². The fourth-order valence-electron chi connectivity index (χ4n) is 3.86. The van der Waals surface area contributed by atoms with Crippen molar-refractivity contribution in [3.8, 4) is 12.3 Å². The number of ether oxygens (including phenoxy) is 1. The molecule has 0 bridgehead atoms. The summed E-state index contributed by atoms with van der Waals surface area (Å²) in [5, 5.41) is 5.73. The summed E-state index contributed by atoms with van der Waals surface area (Å²) in [6, 6.07) is 5.28. The van der Waals surface area contributed by atoms with Crippen LogP contribution in [0.15, 0.2) is 24.3 Å². The maximum atomic E-state index is 14.0. The molecule has 7 nitrogen and oxygen atoms in total. The molecule has 1 aliphatic rings. The summed E-state index contributed by atoms with van der Waals surface area (Å²) in [6.45, 7) is 11.1. The Hall–Kier alpha value is -2.66. The van der Waals surface area contributed by atoms with Gasteiger partial charge in [-0.3, -0.25) is 9.59 Å². The normalized spacial score (nSPS) is 18.7. The summed E-state index contributed by atoms with van der Waals surface area (Å²) in [7, 11) is 0. The largest absolute Gasteiger partial charge is 0.444 e. The third kappa shape index (κ3) is 8.50. The van der Waals surface area contributed by atoms with Gasteiger partial charge in [-0.05, 0) is 83.1 Å². The van der Waals surface area contributed by atoms with Crippen LogP contribution in [0.1, 0.15) is 71.6 Å². The third-order valence-electron chi connectivity index (χ3n) is 5.63. The van der Waals surface area contributed by atoms with Crippen LogP contribution in [0.5, 0.6) is 0 Å². The van der Waals surface area contributed by atoms with E-state index in [4.69, 9.17) is 11.2 Å². The lowest BCUT2D eigenvalue weighted by Gasteiger charge is -2.35. The minimum atomic E-state index is -0.844. The molecule has 1 aromatic carbocycles. The van der Waals surface area contributed by atoms with Crippen molar-refractivity contribution in [2.75, 3.05) is 12.0 Å². The smallest absolute Gasteiger partial charge is 0.408 e. The summed E-state index contributed by atoms with van der Waals surface area (Å²) >= 11 is 1.59. The van der Waals surface area contributed by atoms with E-state index in [1.165, 1.54) is 0 Å². The second-order valence-electron chi connectivity index (χ2n) is 10.3. The minimum Gasteiger partial charge on any atom is -0.444 e. The highest BCUT2D eigenvalue weighted by Gasteiger charge is 2.48. The Morgan fingerprint density at radius 1 is 1.20 bits per heavy atom. The van der Waals surface area contributed by atoms with Gasteiger partial charge in [0.05, 0.1) is 0 Å². The molecule has 0 aliphatic heterocycles. The number of carbonyl (C=O) groups excluding carboxylic acids is 3. The first kappa shape index (κ1) is 28.6. The van der Waals surface area contributed by atoms with Crippen LogP contribution in [0.2, 0.25) is 0 Å². The van der Waals surface area contributed by atoms with Gasteiger partial charge in [0.2, 0.25) is 11.8 Å². The molecule has 8 heteroatoms. The number of terminal acetylenes is 1. The lowest BCUT2D eigenvalue weighted by Crippen LogP contribution is -2.54. The Morgan fingerprint density at radius 2 is 1.80 bits per heavy atom. The van der Waals surface area contributed by atoms with Crippen molar-refractivity contribution in [1.82, 2.24) is 15.5 Å². The average Bonchev–Trinajstić information content (AvgIpc) is 3.48. The number of carbonyl (C=O) groups is 3. The van der Waals surface area contributed by atoms with Crippen LogP contribution >= 0.6 is 11.8 Å². The lowest BCUT2D eigenvalue weighted by molar-refractivity contribution is -0.143. The van der Waals surface area contributed by atoms with E-state index >= 15 is 0 Å². The van der Waals surface area contributed by atoms with Crippen molar-refractivity contribution in [2.45, 2.75) is 84.2 Å². The summed E-state index contributed by atoms with van der Waals surface area (Å²) in [5.74, 6) is 2.95. The Kier molecular flexibility index (Phi) is 10.1. The fraction of sp³-hybridized carbons (Fsp3) is 0.593. The van der Waals surface area contributed by atoms with Crippen molar-refractivity contribution in [2.24, 2.45) is 5.92 Å². The molecule has 0 heterocycles. The molecular formula is C27H39N3O4S. The van der Waals surface area contributed by atoms with Gasteiger partial charge in [0, 0.05) is 17.6 Å². The SMILES string of the molecule is C#Cc1ccc(C(C(=O)NC(C)C)N(C(=O)C(CCSC)NC(=O)OC(C)(C)C)C2CC2C)cc1. The molecule has 192 valence electrons. The molecule has 1 aliphatic carbocycles. The third-order valence-corrected chi connectivity index (χ3v) is 6.27.